The Morgan fingerprint density at radius 3 is 1.48 bits per heavy atom. The van der Waals surface area contributed by atoms with E-state index in [1.165, 1.54) is 70.6 Å². The largest absolute Gasteiger partial charge is 0.472 e. The van der Waals surface area contributed by atoms with E-state index in [0.29, 0.717) is 19.8 Å². The van der Waals surface area contributed by atoms with Crippen molar-refractivity contribution in [3.63, 3.8) is 0 Å². The lowest BCUT2D eigenvalue weighted by Gasteiger charge is -2.12. The molecule has 0 heterocycles. The summed E-state index contributed by atoms with van der Waals surface area (Å²) in [5.41, 5.74) is 0. The molecule has 0 saturated heterocycles. The molecule has 1 unspecified atom stereocenters. The topological polar surface area (TPSA) is 74.2 Å². The predicted octanol–water partition coefficient (Wildman–Crippen LogP) is 6.65. The number of hydrogen-bond acceptors (Lipinski definition) is 5. The molecule has 1 atom stereocenters. The van der Waals surface area contributed by atoms with Gasteiger partial charge in [0.15, 0.2) is 0 Å². The predicted molar refractivity (Wildman–Crippen MR) is 119 cm³/mol. The van der Waals surface area contributed by atoms with Gasteiger partial charge >= 0.3 is 7.82 Å². The summed E-state index contributed by atoms with van der Waals surface area (Å²) >= 11 is 0. The molecule has 0 aliphatic heterocycles. The van der Waals surface area contributed by atoms with Crippen LogP contribution >= 0.6 is 7.82 Å². The molecule has 7 heteroatoms. The molecule has 0 bridgehead atoms. The van der Waals surface area contributed by atoms with Gasteiger partial charge < -0.3 is 14.4 Å². The lowest BCUT2D eigenvalue weighted by molar-refractivity contribution is 0.0334. The molecule has 0 aromatic heterocycles. The first kappa shape index (κ1) is 29.0. The molecule has 0 radical (unpaired) electrons. The maximum absolute atomic E-state index is 11.7. The quantitative estimate of drug-likeness (QED) is 0.134. The zero-order valence-corrected chi connectivity index (χ0v) is 20.0. The van der Waals surface area contributed by atoms with Crippen LogP contribution in [0.1, 0.15) is 104 Å². The second-order valence-electron chi connectivity index (χ2n) is 7.54. The Hall–Kier alpha value is 0.0300. The lowest BCUT2D eigenvalue weighted by atomic mass is 10.0. The summed E-state index contributed by atoms with van der Waals surface area (Å²) in [5.74, 6) is 0. The molecule has 176 valence electrons. The average molecular weight is 439 g/mol. The summed E-state index contributed by atoms with van der Waals surface area (Å²) in [5, 5.41) is 0. The highest BCUT2D eigenvalue weighted by Crippen LogP contribution is 2.43. The van der Waals surface area contributed by atoms with Crippen LogP contribution in [0.4, 0.5) is 0 Å². The van der Waals surface area contributed by atoms with Crippen molar-refractivity contribution in [3.8, 4) is 0 Å². The average Bonchev–Trinajstić information content (AvgIpc) is 2.70. The molecule has 0 aromatic rings. The fourth-order valence-electron chi connectivity index (χ4n) is 3.09. The van der Waals surface area contributed by atoms with Crippen LogP contribution in [0.5, 0.6) is 0 Å². The van der Waals surface area contributed by atoms with Crippen molar-refractivity contribution in [1.82, 2.24) is 0 Å². The molecule has 29 heavy (non-hydrogen) atoms. The van der Waals surface area contributed by atoms with Gasteiger partial charge in [0.05, 0.1) is 33.0 Å². The molecule has 0 saturated carbocycles. The van der Waals surface area contributed by atoms with Gasteiger partial charge in [0.25, 0.3) is 0 Å². The van der Waals surface area contributed by atoms with Gasteiger partial charge in [-0.1, -0.05) is 90.4 Å². The minimum Gasteiger partial charge on any atom is -0.379 e. The minimum atomic E-state index is -3.95. The Labute approximate surface area is 179 Å². The van der Waals surface area contributed by atoms with E-state index < -0.39 is 7.82 Å². The van der Waals surface area contributed by atoms with Gasteiger partial charge in [-0.05, 0) is 13.3 Å². The standard InChI is InChI=1S/C22H47O6P/c1-3-5-6-7-8-9-10-11-12-13-14-15-16-17-18-27-29(23,24)28-22-21-26-20-19-25-4-2/h3-22H2,1-2H3,(H,23,24). The summed E-state index contributed by atoms with van der Waals surface area (Å²) in [6, 6.07) is 0. The van der Waals surface area contributed by atoms with E-state index in [-0.39, 0.29) is 19.8 Å². The van der Waals surface area contributed by atoms with E-state index in [1.54, 1.807) is 0 Å². The molecule has 0 rings (SSSR count). The summed E-state index contributed by atoms with van der Waals surface area (Å²) in [6.07, 6.45) is 17.9. The van der Waals surface area contributed by atoms with E-state index in [0.717, 1.165) is 19.3 Å². The van der Waals surface area contributed by atoms with Crippen LogP contribution in [-0.4, -0.2) is 44.5 Å². The Bertz CT molecular complexity index is 367. The van der Waals surface area contributed by atoms with Crippen LogP contribution in [0.25, 0.3) is 0 Å². The van der Waals surface area contributed by atoms with Crippen molar-refractivity contribution in [2.45, 2.75) is 104 Å². The van der Waals surface area contributed by atoms with Crippen molar-refractivity contribution in [2.75, 3.05) is 39.6 Å². The smallest absolute Gasteiger partial charge is 0.379 e. The highest BCUT2D eigenvalue weighted by atomic mass is 31.2. The highest BCUT2D eigenvalue weighted by Gasteiger charge is 2.20. The molecule has 0 amide bonds. The SMILES string of the molecule is CCCCCCCCCCCCCCCCOP(=O)(O)OCCOCCOCC. The Morgan fingerprint density at radius 1 is 0.552 bits per heavy atom. The van der Waals surface area contributed by atoms with E-state index in [9.17, 15) is 9.46 Å². The van der Waals surface area contributed by atoms with Crippen molar-refractivity contribution in [2.24, 2.45) is 0 Å². The third-order valence-corrected chi connectivity index (χ3v) is 5.83. The van der Waals surface area contributed by atoms with Crippen molar-refractivity contribution in [1.29, 1.82) is 0 Å². The summed E-state index contributed by atoms with van der Waals surface area (Å²) in [4.78, 5) is 9.59. The van der Waals surface area contributed by atoms with Crippen molar-refractivity contribution in [3.05, 3.63) is 0 Å². The van der Waals surface area contributed by atoms with Gasteiger partial charge in [-0.3, -0.25) is 9.05 Å². The monoisotopic (exact) mass is 438 g/mol. The van der Waals surface area contributed by atoms with Gasteiger partial charge in [0.2, 0.25) is 0 Å². The third kappa shape index (κ3) is 24.2. The van der Waals surface area contributed by atoms with Crippen LogP contribution in [-0.2, 0) is 23.1 Å². The number of phosphoric ester groups is 1. The van der Waals surface area contributed by atoms with E-state index in [4.69, 9.17) is 18.5 Å². The normalized spacial score (nSPS) is 13.6. The number of phosphoric acid groups is 1. The second-order valence-corrected chi connectivity index (χ2v) is 8.99. The van der Waals surface area contributed by atoms with Gasteiger partial charge in [0.1, 0.15) is 0 Å². The zero-order chi connectivity index (χ0) is 21.5. The third-order valence-electron chi connectivity index (χ3n) is 4.81. The van der Waals surface area contributed by atoms with Crippen LogP contribution in [0.15, 0.2) is 0 Å². The second kappa shape index (κ2) is 22.7. The highest BCUT2D eigenvalue weighted by molar-refractivity contribution is 7.47. The summed E-state index contributed by atoms with van der Waals surface area (Å²) in [6.45, 7) is 6.35. The molecule has 6 nitrogen and oxygen atoms in total. The summed E-state index contributed by atoms with van der Waals surface area (Å²) < 4.78 is 31.9. The van der Waals surface area contributed by atoms with Gasteiger partial charge in [-0.25, -0.2) is 4.57 Å². The van der Waals surface area contributed by atoms with Crippen molar-refractivity contribution < 1.29 is 28.0 Å². The minimum absolute atomic E-state index is 0.0403. The van der Waals surface area contributed by atoms with E-state index in [2.05, 4.69) is 6.92 Å². The molecule has 0 aliphatic carbocycles. The van der Waals surface area contributed by atoms with E-state index in [1.807, 2.05) is 6.92 Å². The van der Waals surface area contributed by atoms with E-state index >= 15 is 0 Å². The first-order valence-electron chi connectivity index (χ1n) is 11.9. The molecular weight excluding hydrogens is 391 g/mol. The lowest BCUT2D eigenvalue weighted by Crippen LogP contribution is -2.09. The molecule has 0 aliphatic rings. The fraction of sp³-hybridized carbons (Fsp3) is 1.00. The molecule has 0 spiro atoms. The molecule has 0 fully saturated rings. The number of hydrogen-bond donors (Lipinski definition) is 1. The summed E-state index contributed by atoms with van der Waals surface area (Å²) in [7, 11) is -3.95. The van der Waals surface area contributed by atoms with Crippen LogP contribution in [0, 0.1) is 0 Å². The maximum atomic E-state index is 11.7. The van der Waals surface area contributed by atoms with Gasteiger partial charge in [-0.2, -0.15) is 0 Å². The van der Waals surface area contributed by atoms with Gasteiger partial charge in [0, 0.05) is 6.61 Å². The first-order chi connectivity index (χ1) is 14.1. The Kier molecular flexibility index (Phi) is 22.7. The molecule has 0 aromatic carbocycles. The first-order valence-corrected chi connectivity index (χ1v) is 13.4. The Morgan fingerprint density at radius 2 is 0.966 bits per heavy atom. The molecule has 1 N–H and O–H groups in total. The maximum Gasteiger partial charge on any atom is 0.472 e. The van der Waals surface area contributed by atoms with Crippen LogP contribution in [0.2, 0.25) is 0 Å². The molecular formula is C22H47O6P. The zero-order valence-electron chi connectivity index (χ0n) is 19.1. The van der Waals surface area contributed by atoms with Crippen LogP contribution < -0.4 is 0 Å². The number of rotatable bonds is 24. The number of unbranched alkanes of at least 4 members (excludes halogenated alkanes) is 13. The van der Waals surface area contributed by atoms with Crippen LogP contribution in [0.3, 0.4) is 0 Å². The number of ether oxygens (including phenoxy) is 2. The Balaban J connectivity index is 3.27. The van der Waals surface area contributed by atoms with Gasteiger partial charge in [-0.15, -0.1) is 0 Å². The van der Waals surface area contributed by atoms with Crippen molar-refractivity contribution >= 4 is 7.82 Å². The fourth-order valence-corrected chi connectivity index (χ4v) is 3.83.